The van der Waals surface area contributed by atoms with E-state index in [9.17, 15) is 4.79 Å². The Morgan fingerprint density at radius 1 is 0.882 bits per heavy atom. The van der Waals surface area contributed by atoms with E-state index in [2.05, 4.69) is 30.3 Å². The fraction of sp³-hybridized carbons (Fsp3) is 0.0625. The molecule has 0 bridgehead atoms. The molecule has 1 nitrogen and oxygen atoms in total. The van der Waals surface area contributed by atoms with Gasteiger partial charge in [-0.1, -0.05) is 42.5 Å². The summed E-state index contributed by atoms with van der Waals surface area (Å²) in [5, 5.41) is 4.75. The van der Waals surface area contributed by atoms with Gasteiger partial charge in [0.25, 0.3) is 0 Å². The van der Waals surface area contributed by atoms with Gasteiger partial charge >= 0.3 is 0 Å². The second-order valence-electron chi connectivity index (χ2n) is 4.55. The third-order valence-corrected chi connectivity index (χ3v) is 3.61. The average Bonchev–Trinajstić information content (AvgIpc) is 2.90. The molecule has 17 heavy (non-hydrogen) atoms. The first-order chi connectivity index (χ1) is 8.34. The highest BCUT2D eigenvalue weighted by molar-refractivity contribution is 6.05. The SMILES string of the molecule is O=C1CC=c2ccc3c(c21)C=c1ccccc1=3. The second kappa shape index (κ2) is 2.95. The van der Waals surface area contributed by atoms with E-state index >= 15 is 0 Å². The number of Topliss-reactive ketones (excluding diaryl/α,β-unsaturated/α-hetero) is 1. The summed E-state index contributed by atoms with van der Waals surface area (Å²) < 4.78 is 0. The molecule has 0 unspecified atom stereocenters. The Hall–Kier alpha value is -2.15. The molecule has 2 aromatic carbocycles. The van der Waals surface area contributed by atoms with Gasteiger partial charge in [-0.05, 0) is 32.5 Å². The Balaban J connectivity index is 2.31. The summed E-state index contributed by atoms with van der Waals surface area (Å²) in [7, 11) is 0. The van der Waals surface area contributed by atoms with Gasteiger partial charge in [0.1, 0.15) is 0 Å². The molecule has 0 aromatic heterocycles. The summed E-state index contributed by atoms with van der Waals surface area (Å²) in [6.07, 6.45) is 4.71. The monoisotopic (exact) mass is 218 g/mol. The van der Waals surface area contributed by atoms with Gasteiger partial charge in [-0.3, -0.25) is 4.79 Å². The largest absolute Gasteiger partial charge is 0.294 e. The van der Waals surface area contributed by atoms with Crippen molar-refractivity contribution in [2.75, 3.05) is 0 Å². The van der Waals surface area contributed by atoms with Gasteiger partial charge in [-0.2, -0.15) is 0 Å². The molecule has 0 heterocycles. The maximum Gasteiger partial charge on any atom is 0.167 e. The number of hydrogen-bond acceptors (Lipinski definition) is 1. The standard InChI is InChI=1S/C16H10O/c17-15-8-6-10-5-7-13-12-4-2-1-3-11(12)9-14(13)16(10)15/h1-7,9H,8H2. The van der Waals surface area contributed by atoms with Crippen LogP contribution in [0.5, 0.6) is 0 Å². The van der Waals surface area contributed by atoms with E-state index in [0.29, 0.717) is 6.42 Å². The number of rotatable bonds is 0. The Bertz CT molecular complexity index is 873. The van der Waals surface area contributed by atoms with Gasteiger partial charge in [0, 0.05) is 12.0 Å². The first-order valence-corrected chi connectivity index (χ1v) is 5.82. The molecule has 0 aliphatic heterocycles. The lowest BCUT2D eigenvalue weighted by molar-refractivity contribution is 0.100. The number of ketones is 1. The molecule has 0 amide bonds. The van der Waals surface area contributed by atoms with Crippen molar-refractivity contribution in [3.63, 3.8) is 0 Å². The quantitative estimate of drug-likeness (QED) is 0.558. The minimum absolute atomic E-state index is 0.251. The van der Waals surface area contributed by atoms with E-state index < -0.39 is 0 Å². The van der Waals surface area contributed by atoms with Crippen LogP contribution in [-0.4, -0.2) is 5.78 Å². The molecule has 0 saturated heterocycles. The van der Waals surface area contributed by atoms with Crippen molar-refractivity contribution >= 4 is 17.9 Å². The first-order valence-electron chi connectivity index (χ1n) is 5.82. The Kier molecular flexibility index (Phi) is 1.55. The normalized spacial score (nSPS) is 14.7. The van der Waals surface area contributed by atoms with Crippen LogP contribution in [0.1, 0.15) is 22.3 Å². The van der Waals surface area contributed by atoms with E-state index in [0.717, 1.165) is 16.3 Å². The molecule has 80 valence electrons. The lowest BCUT2D eigenvalue weighted by Crippen LogP contribution is -2.09. The summed E-state index contributed by atoms with van der Waals surface area (Å²) in [5.74, 6) is 0.251. The van der Waals surface area contributed by atoms with Crippen molar-refractivity contribution in [1.29, 1.82) is 0 Å². The zero-order valence-electron chi connectivity index (χ0n) is 9.23. The summed E-state index contributed by atoms with van der Waals surface area (Å²) in [4.78, 5) is 11.9. The van der Waals surface area contributed by atoms with Crippen molar-refractivity contribution in [2.45, 2.75) is 6.42 Å². The van der Waals surface area contributed by atoms with Gasteiger partial charge in [-0.15, -0.1) is 0 Å². The average molecular weight is 218 g/mol. The second-order valence-corrected chi connectivity index (χ2v) is 4.55. The lowest BCUT2D eigenvalue weighted by atomic mass is 10.0. The van der Waals surface area contributed by atoms with Crippen molar-refractivity contribution in [3.05, 3.63) is 68.4 Å². The molecule has 0 N–H and O–H groups in total. The van der Waals surface area contributed by atoms with Crippen LogP contribution in [0.4, 0.5) is 0 Å². The van der Waals surface area contributed by atoms with Crippen LogP contribution in [-0.2, 0) is 0 Å². The van der Waals surface area contributed by atoms with Crippen LogP contribution in [0.2, 0.25) is 0 Å². The number of hydrogen-bond donors (Lipinski definition) is 0. The zero-order chi connectivity index (χ0) is 11.4. The minimum Gasteiger partial charge on any atom is -0.294 e. The van der Waals surface area contributed by atoms with Crippen molar-refractivity contribution in [2.24, 2.45) is 0 Å². The highest BCUT2D eigenvalue weighted by Crippen LogP contribution is 2.17. The topological polar surface area (TPSA) is 17.1 Å². The molecule has 0 radical (unpaired) electrons. The predicted octanol–water partition coefficient (Wildman–Crippen LogP) is 1.48. The molecule has 0 spiro atoms. The smallest absolute Gasteiger partial charge is 0.167 e. The van der Waals surface area contributed by atoms with E-state index in [-0.39, 0.29) is 5.78 Å². The first kappa shape index (κ1) is 8.94. The fourth-order valence-electron chi connectivity index (χ4n) is 2.83. The summed E-state index contributed by atoms with van der Waals surface area (Å²) in [6.45, 7) is 0. The van der Waals surface area contributed by atoms with Gasteiger partial charge in [-0.25, -0.2) is 0 Å². The van der Waals surface area contributed by atoms with Crippen LogP contribution < -0.4 is 10.4 Å². The fourth-order valence-corrected chi connectivity index (χ4v) is 2.83. The summed E-state index contributed by atoms with van der Waals surface area (Å²) in [6, 6.07) is 12.5. The van der Waals surface area contributed by atoms with E-state index in [1.54, 1.807) is 0 Å². The molecule has 1 heteroatoms. The molecule has 4 rings (SSSR count). The van der Waals surface area contributed by atoms with Gasteiger partial charge in [0.15, 0.2) is 5.78 Å². The van der Waals surface area contributed by atoms with E-state index in [1.807, 2.05) is 18.2 Å². The van der Waals surface area contributed by atoms with Crippen LogP contribution in [0, 0.1) is 10.4 Å². The lowest BCUT2D eigenvalue weighted by Gasteiger charge is -1.99. The van der Waals surface area contributed by atoms with Crippen molar-refractivity contribution in [1.82, 2.24) is 0 Å². The molecular formula is C16H10O. The van der Waals surface area contributed by atoms with Gasteiger partial charge in [0.2, 0.25) is 0 Å². The van der Waals surface area contributed by atoms with Crippen LogP contribution in [0.3, 0.4) is 0 Å². The van der Waals surface area contributed by atoms with E-state index in [4.69, 9.17) is 0 Å². The highest BCUT2D eigenvalue weighted by atomic mass is 16.1. The molecule has 0 saturated carbocycles. The number of benzene rings is 2. The molecule has 2 aromatic rings. The van der Waals surface area contributed by atoms with Gasteiger partial charge in [0.05, 0.1) is 0 Å². The van der Waals surface area contributed by atoms with Crippen LogP contribution in [0.25, 0.3) is 12.2 Å². The Morgan fingerprint density at radius 2 is 1.76 bits per heavy atom. The van der Waals surface area contributed by atoms with Gasteiger partial charge < -0.3 is 0 Å². The maximum atomic E-state index is 11.9. The molecule has 2 aliphatic carbocycles. The highest BCUT2D eigenvalue weighted by Gasteiger charge is 2.18. The zero-order valence-corrected chi connectivity index (χ0v) is 9.23. The molecule has 2 aliphatic rings. The van der Waals surface area contributed by atoms with E-state index in [1.165, 1.54) is 15.7 Å². The predicted molar refractivity (Wildman–Crippen MR) is 66.8 cm³/mol. The summed E-state index contributed by atoms with van der Waals surface area (Å²) in [5.41, 5.74) is 2.03. The molecule has 0 atom stereocenters. The molecular weight excluding hydrogens is 208 g/mol. The van der Waals surface area contributed by atoms with Crippen molar-refractivity contribution < 1.29 is 4.79 Å². The van der Waals surface area contributed by atoms with Crippen LogP contribution in [0.15, 0.2) is 36.4 Å². The Morgan fingerprint density at radius 3 is 2.71 bits per heavy atom. The minimum atomic E-state index is 0.251. The Labute approximate surface area is 98.0 Å². The third kappa shape index (κ3) is 1.06. The third-order valence-electron chi connectivity index (χ3n) is 3.61. The molecule has 0 fully saturated rings. The number of carbonyl (C=O) groups excluding carboxylic acids is 1. The van der Waals surface area contributed by atoms with Crippen LogP contribution >= 0.6 is 0 Å². The number of carbonyl (C=O) groups is 1. The summed E-state index contributed by atoms with van der Waals surface area (Å²) >= 11 is 0. The number of fused-ring (bicyclic) bond motifs is 4. The maximum absolute atomic E-state index is 11.9. The van der Waals surface area contributed by atoms with Crippen molar-refractivity contribution in [3.8, 4) is 0 Å².